The highest BCUT2D eigenvalue weighted by atomic mass is 16.3. The van der Waals surface area contributed by atoms with Crippen LogP contribution in [0, 0.1) is 5.92 Å². The van der Waals surface area contributed by atoms with E-state index in [1.807, 2.05) is 0 Å². The first-order valence-electron chi connectivity index (χ1n) is 5.69. The van der Waals surface area contributed by atoms with Gasteiger partial charge in [0.1, 0.15) is 5.76 Å². The van der Waals surface area contributed by atoms with Crippen molar-refractivity contribution in [3.05, 3.63) is 18.4 Å². The number of oxazole rings is 1. The van der Waals surface area contributed by atoms with E-state index >= 15 is 0 Å². The van der Waals surface area contributed by atoms with Crippen LogP contribution < -0.4 is 5.32 Å². The van der Waals surface area contributed by atoms with Gasteiger partial charge in [0.2, 0.25) is 0 Å². The van der Waals surface area contributed by atoms with Crippen LogP contribution in [0.25, 0.3) is 0 Å². The van der Waals surface area contributed by atoms with Gasteiger partial charge in [-0.25, -0.2) is 4.98 Å². The fourth-order valence-electron chi connectivity index (χ4n) is 2.10. The normalized spacial score (nSPS) is 22.3. The number of aromatic nitrogens is 1. The maximum atomic E-state index is 5.16. The summed E-state index contributed by atoms with van der Waals surface area (Å²) in [4.78, 5) is 6.38. The fraction of sp³-hybridized carbons (Fsp3) is 0.727. The molecule has 0 bridgehead atoms. The van der Waals surface area contributed by atoms with E-state index in [0.717, 1.165) is 24.8 Å². The fourth-order valence-corrected chi connectivity index (χ4v) is 2.10. The van der Waals surface area contributed by atoms with E-state index in [2.05, 4.69) is 22.1 Å². The summed E-state index contributed by atoms with van der Waals surface area (Å²) in [6.45, 7) is 7.77. The Morgan fingerprint density at radius 3 is 3.27 bits per heavy atom. The smallest absolute Gasteiger partial charge is 0.180 e. The Morgan fingerprint density at radius 2 is 2.60 bits per heavy atom. The Kier molecular flexibility index (Phi) is 3.75. The maximum absolute atomic E-state index is 5.16. The Bertz CT molecular complexity index is 273. The number of hydrogen-bond acceptors (Lipinski definition) is 4. The molecule has 0 radical (unpaired) electrons. The molecule has 1 aliphatic heterocycles. The van der Waals surface area contributed by atoms with Gasteiger partial charge in [0.25, 0.3) is 0 Å². The lowest BCUT2D eigenvalue weighted by atomic mass is 10.1. The zero-order valence-electron chi connectivity index (χ0n) is 9.28. The topological polar surface area (TPSA) is 41.3 Å². The van der Waals surface area contributed by atoms with Gasteiger partial charge in [-0.1, -0.05) is 6.92 Å². The molecule has 1 unspecified atom stereocenters. The van der Waals surface area contributed by atoms with Crippen molar-refractivity contribution in [1.29, 1.82) is 0 Å². The van der Waals surface area contributed by atoms with Crippen LogP contribution >= 0.6 is 0 Å². The Morgan fingerprint density at radius 1 is 1.67 bits per heavy atom. The van der Waals surface area contributed by atoms with Gasteiger partial charge >= 0.3 is 0 Å². The molecule has 1 fully saturated rings. The molecule has 15 heavy (non-hydrogen) atoms. The van der Waals surface area contributed by atoms with Crippen LogP contribution in [0.3, 0.4) is 0 Å². The van der Waals surface area contributed by atoms with Crippen LogP contribution in [-0.2, 0) is 6.54 Å². The molecule has 1 aliphatic rings. The second-order valence-electron chi connectivity index (χ2n) is 4.15. The van der Waals surface area contributed by atoms with Crippen molar-refractivity contribution in [2.24, 2.45) is 5.92 Å². The summed E-state index contributed by atoms with van der Waals surface area (Å²) in [6.07, 6.45) is 4.56. The molecule has 1 atom stereocenters. The Hall–Kier alpha value is -0.870. The molecule has 84 valence electrons. The van der Waals surface area contributed by atoms with E-state index < -0.39 is 0 Å². The highest BCUT2D eigenvalue weighted by Crippen LogP contribution is 2.14. The Labute approximate surface area is 90.7 Å². The molecule has 2 rings (SSSR count). The van der Waals surface area contributed by atoms with Gasteiger partial charge in [0.05, 0.1) is 12.7 Å². The van der Waals surface area contributed by atoms with Crippen molar-refractivity contribution in [3.63, 3.8) is 0 Å². The molecule has 2 heterocycles. The van der Waals surface area contributed by atoms with Crippen molar-refractivity contribution < 1.29 is 4.42 Å². The summed E-state index contributed by atoms with van der Waals surface area (Å²) in [5.74, 6) is 1.72. The van der Waals surface area contributed by atoms with E-state index in [1.54, 1.807) is 6.20 Å². The van der Waals surface area contributed by atoms with Crippen molar-refractivity contribution in [1.82, 2.24) is 15.2 Å². The molecule has 0 amide bonds. The first-order valence-corrected chi connectivity index (χ1v) is 5.69. The number of hydrogen-bond donors (Lipinski definition) is 1. The molecule has 0 aromatic carbocycles. The van der Waals surface area contributed by atoms with E-state index in [-0.39, 0.29) is 0 Å². The highest BCUT2D eigenvalue weighted by molar-refractivity contribution is 4.87. The van der Waals surface area contributed by atoms with Crippen LogP contribution in [0.5, 0.6) is 0 Å². The minimum atomic E-state index is 0.794. The van der Waals surface area contributed by atoms with E-state index in [0.29, 0.717) is 0 Å². The molecule has 1 N–H and O–H groups in total. The lowest BCUT2D eigenvalue weighted by Gasteiger charge is -2.13. The molecule has 4 nitrogen and oxygen atoms in total. The van der Waals surface area contributed by atoms with Crippen molar-refractivity contribution in [2.75, 3.05) is 26.2 Å². The van der Waals surface area contributed by atoms with Gasteiger partial charge in [-0.3, -0.25) is 0 Å². The van der Waals surface area contributed by atoms with Crippen molar-refractivity contribution in [2.45, 2.75) is 19.9 Å². The zero-order valence-corrected chi connectivity index (χ0v) is 9.28. The molecule has 0 spiro atoms. The van der Waals surface area contributed by atoms with Crippen molar-refractivity contribution >= 4 is 0 Å². The monoisotopic (exact) mass is 209 g/mol. The van der Waals surface area contributed by atoms with Gasteiger partial charge in [-0.05, 0) is 32.0 Å². The third-order valence-electron chi connectivity index (χ3n) is 3.03. The molecule has 1 aromatic heterocycles. The van der Waals surface area contributed by atoms with Crippen LogP contribution in [-0.4, -0.2) is 36.1 Å². The van der Waals surface area contributed by atoms with Gasteiger partial charge in [-0.2, -0.15) is 0 Å². The number of nitrogens with one attached hydrogen (secondary N) is 1. The zero-order chi connectivity index (χ0) is 10.5. The molecule has 0 saturated carbocycles. The van der Waals surface area contributed by atoms with Crippen LogP contribution in [0.4, 0.5) is 0 Å². The third kappa shape index (κ3) is 3.04. The van der Waals surface area contributed by atoms with E-state index in [4.69, 9.17) is 4.42 Å². The summed E-state index contributed by atoms with van der Waals surface area (Å²) in [5, 5.41) is 3.41. The average Bonchev–Trinajstić information content (AvgIpc) is 2.88. The average molecular weight is 209 g/mol. The first-order chi connectivity index (χ1) is 7.38. The van der Waals surface area contributed by atoms with Crippen LogP contribution in [0.2, 0.25) is 0 Å². The predicted molar refractivity (Wildman–Crippen MR) is 58.4 cm³/mol. The second-order valence-corrected chi connectivity index (χ2v) is 4.15. The predicted octanol–water partition coefficient (Wildman–Crippen LogP) is 1.11. The minimum absolute atomic E-state index is 0.794. The molecule has 4 heteroatoms. The molecular formula is C11H19N3O. The largest absolute Gasteiger partial charge is 0.447 e. The summed E-state index contributed by atoms with van der Waals surface area (Å²) < 4.78 is 5.16. The number of nitrogens with zero attached hydrogens (tertiary/aromatic N) is 2. The second kappa shape index (κ2) is 5.28. The quantitative estimate of drug-likeness (QED) is 0.788. The summed E-state index contributed by atoms with van der Waals surface area (Å²) in [7, 11) is 0. The van der Waals surface area contributed by atoms with Gasteiger partial charge in [-0.15, -0.1) is 0 Å². The van der Waals surface area contributed by atoms with E-state index in [9.17, 15) is 0 Å². The molecule has 1 aromatic rings. The first kappa shape index (κ1) is 10.6. The lowest BCUT2D eigenvalue weighted by Crippen LogP contribution is -2.26. The third-order valence-corrected chi connectivity index (χ3v) is 3.03. The standard InChI is InChI=1S/C11H19N3O/c1-2-14-4-3-10(8-14)5-12-6-11-7-13-9-15-11/h7,9-10,12H,2-6,8H2,1H3. The summed E-state index contributed by atoms with van der Waals surface area (Å²) >= 11 is 0. The van der Waals surface area contributed by atoms with Gasteiger partial charge < -0.3 is 14.6 Å². The molecule has 1 saturated heterocycles. The maximum Gasteiger partial charge on any atom is 0.180 e. The van der Waals surface area contributed by atoms with Crippen molar-refractivity contribution in [3.8, 4) is 0 Å². The van der Waals surface area contributed by atoms with Gasteiger partial charge in [0.15, 0.2) is 6.39 Å². The van der Waals surface area contributed by atoms with Gasteiger partial charge in [0, 0.05) is 6.54 Å². The SMILES string of the molecule is CCN1CCC(CNCc2cnco2)C1. The Balaban J connectivity index is 1.63. The molecular weight excluding hydrogens is 190 g/mol. The van der Waals surface area contributed by atoms with E-state index in [1.165, 1.54) is 32.4 Å². The minimum Gasteiger partial charge on any atom is -0.447 e. The summed E-state index contributed by atoms with van der Waals surface area (Å²) in [6, 6.07) is 0. The molecule has 0 aliphatic carbocycles. The lowest BCUT2D eigenvalue weighted by molar-refractivity contribution is 0.337. The number of rotatable bonds is 5. The summed E-state index contributed by atoms with van der Waals surface area (Å²) in [5.41, 5.74) is 0. The van der Waals surface area contributed by atoms with Crippen LogP contribution in [0.1, 0.15) is 19.1 Å². The highest BCUT2D eigenvalue weighted by Gasteiger charge is 2.20. The van der Waals surface area contributed by atoms with Crippen LogP contribution in [0.15, 0.2) is 17.0 Å². The number of likely N-dealkylation sites (tertiary alicyclic amines) is 1.